The van der Waals surface area contributed by atoms with Gasteiger partial charge in [0.25, 0.3) is 0 Å². The molecule has 0 saturated heterocycles. The van der Waals surface area contributed by atoms with Gasteiger partial charge in [-0.1, -0.05) is 13.8 Å². The molecule has 0 aliphatic rings. The van der Waals surface area contributed by atoms with Crippen molar-refractivity contribution in [1.29, 1.82) is 0 Å². The smallest absolute Gasteiger partial charge is 0.225 e. The molecule has 0 amide bonds. The summed E-state index contributed by atoms with van der Waals surface area (Å²) in [5, 5.41) is 2.90. The maximum absolute atomic E-state index is 4.22. The largest absolute Gasteiger partial charge is 0.357 e. The molecule has 4 heteroatoms. The van der Waals surface area contributed by atoms with Gasteiger partial charge in [-0.3, -0.25) is 0 Å². The minimum Gasteiger partial charge on any atom is -0.357 e. The van der Waals surface area contributed by atoms with Crippen LogP contribution in [0.2, 0.25) is 0 Å². The number of rotatable bonds is 2. The average Bonchev–Trinajstić information content (AvgIpc) is 2.03. The highest BCUT2D eigenvalue weighted by Crippen LogP contribution is 2.09. The topological polar surface area (TPSA) is 50.7 Å². The molecule has 0 radical (unpaired) electrons. The third kappa shape index (κ3) is 1.90. The molecule has 0 spiro atoms. The zero-order valence-corrected chi connectivity index (χ0v) is 7.92. The fourth-order valence-electron chi connectivity index (χ4n) is 0.873. The van der Waals surface area contributed by atoms with Crippen molar-refractivity contribution in [1.82, 2.24) is 15.0 Å². The Morgan fingerprint density at radius 1 is 1.17 bits per heavy atom. The van der Waals surface area contributed by atoms with Crippen molar-refractivity contribution < 1.29 is 0 Å². The first-order valence-corrected chi connectivity index (χ1v) is 4.04. The first kappa shape index (κ1) is 8.90. The van der Waals surface area contributed by atoms with Crippen molar-refractivity contribution in [3.63, 3.8) is 0 Å². The summed E-state index contributed by atoms with van der Waals surface area (Å²) >= 11 is 0. The molecule has 0 saturated carbocycles. The Morgan fingerprint density at radius 3 is 2.33 bits per heavy atom. The summed E-state index contributed by atoms with van der Waals surface area (Å²) in [5.74, 6) is 2.59. The molecule has 1 heterocycles. The summed E-state index contributed by atoms with van der Waals surface area (Å²) in [6.07, 6.45) is 0. The zero-order chi connectivity index (χ0) is 9.14. The van der Waals surface area contributed by atoms with Crippen LogP contribution in [0.5, 0.6) is 0 Å². The standard InChI is InChI=1S/C8H14N4/c1-5(2)7-10-6(3)11-8(9-4)12-7/h5H,1-4H3,(H,9,10,11,12). The van der Waals surface area contributed by atoms with Crippen LogP contribution in [-0.4, -0.2) is 22.0 Å². The van der Waals surface area contributed by atoms with E-state index in [1.807, 2.05) is 6.92 Å². The zero-order valence-electron chi connectivity index (χ0n) is 7.92. The van der Waals surface area contributed by atoms with E-state index >= 15 is 0 Å². The van der Waals surface area contributed by atoms with E-state index in [0.29, 0.717) is 11.9 Å². The van der Waals surface area contributed by atoms with Gasteiger partial charge in [-0.15, -0.1) is 0 Å². The van der Waals surface area contributed by atoms with Gasteiger partial charge in [-0.25, -0.2) is 4.98 Å². The van der Waals surface area contributed by atoms with Crippen LogP contribution < -0.4 is 5.32 Å². The summed E-state index contributed by atoms with van der Waals surface area (Å²) in [7, 11) is 1.80. The van der Waals surface area contributed by atoms with Crippen molar-refractivity contribution in [2.45, 2.75) is 26.7 Å². The van der Waals surface area contributed by atoms with Gasteiger partial charge >= 0.3 is 0 Å². The Hall–Kier alpha value is -1.19. The molecule has 0 fully saturated rings. The summed E-state index contributed by atoms with van der Waals surface area (Å²) in [6.45, 7) is 6.00. The molecule has 0 atom stereocenters. The van der Waals surface area contributed by atoms with Crippen molar-refractivity contribution in [2.24, 2.45) is 0 Å². The van der Waals surface area contributed by atoms with Crippen LogP contribution >= 0.6 is 0 Å². The normalized spacial score (nSPS) is 10.4. The van der Waals surface area contributed by atoms with Gasteiger partial charge in [-0.05, 0) is 6.92 Å². The molecule has 0 unspecified atom stereocenters. The number of aromatic nitrogens is 3. The predicted molar refractivity (Wildman–Crippen MR) is 48.2 cm³/mol. The molecule has 1 aromatic heterocycles. The van der Waals surface area contributed by atoms with Crippen LogP contribution in [0.3, 0.4) is 0 Å². The van der Waals surface area contributed by atoms with E-state index in [9.17, 15) is 0 Å². The second kappa shape index (κ2) is 3.47. The fraction of sp³-hybridized carbons (Fsp3) is 0.625. The molecular weight excluding hydrogens is 152 g/mol. The Labute approximate surface area is 72.5 Å². The fourth-order valence-corrected chi connectivity index (χ4v) is 0.873. The van der Waals surface area contributed by atoms with Gasteiger partial charge in [0.05, 0.1) is 0 Å². The molecule has 4 nitrogen and oxygen atoms in total. The highest BCUT2D eigenvalue weighted by molar-refractivity contribution is 5.23. The number of anilines is 1. The van der Waals surface area contributed by atoms with Gasteiger partial charge in [0.15, 0.2) is 0 Å². The highest BCUT2D eigenvalue weighted by Gasteiger charge is 2.05. The molecule has 0 aliphatic heterocycles. The van der Waals surface area contributed by atoms with Crippen LogP contribution in [0.25, 0.3) is 0 Å². The summed E-state index contributed by atoms with van der Waals surface area (Å²) < 4.78 is 0. The monoisotopic (exact) mass is 166 g/mol. The van der Waals surface area contributed by atoms with Crippen molar-refractivity contribution in [2.75, 3.05) is 12.4 Å². The van der Waals surface area contributed by atoms with E-state index in [0.717, 1.165) is 11.6 Å². The Bertz CT molecular complexity index is 270. The van der Waals surface area contributed by atoms with Crippen LogP contribution in [0, 0.1) is 6.92 Å². The molecule has 0 aromatic carbocycles. The van der Waals surface area contributed by atoms with Gasteiger partial charge in [0.1, 0.15) is 11.6 Å². The first-order chi connectivity index (χ1) is 5.63. The summed E-state index contributed by atoms with van der Waals surface area (Å²) in [4.78, 5) is 12.5. The van der Waals surface area contributed by atoms with E-state index in [1.54, 1.807) is 7.05 Å². The third-order valence-electron chi connectivity index (χ3n) is 1.50. The van der Waals surface area contributed by atoms with Crippen molar-refractivity contribution in [3.8, 4) is 0 Å². The Morgan fingerprint density at radius 2 is 1.83 bits per heavy atom. The van der Waals surface area contributed by atoms with Crippen molar-refractivity contribution >= 4 is 5.95 Å². The minimum absolute atomic E-state index is 0.346. The molecule has 0 bridgehead atoms. The maximum atomic E-state index is 4.22. The molecule has 1 N–H and O–H groups in total. The van der Waals surface area contributed by atoms with Crippen LogP contribution in [0.15, 0.2) is 0 Å². The predicted octanol–water partition coefficient (Wildman–Crippen LogP) is 1.35. The van der Waals surface area contributed by atoms with Gasteiger partial charge < -0.3 is 5.32 Å². The van der Waals surface area contributed by atoms with E-state index in [1.165, 1.54) is 0 Å². The van der Waals surface area contributed by atoms with E-state index in [-0.39, 0.29) is 0 Å². The third-order valence-corrected chi connectivity index (χ3v) is 1.50. The van der Waals surface area contributed by atoms with Crippen LogP contribution in [0.4, 0.5) is 5.95 Å². The van der Waals surface area contributed by atoms with E-state index in [4.69, 9.17) is 0 Å². The second-order valence-corrected chi connectivity index (χ2v) is 2.97. The molecule has 0 aliphatic carbocycles. The van der Waals surface area contributed by atoms with Crippen molar-refractivity contribution in [3.05, 3.63) is 11.6 Å². The lowest BCUT2D eigenvalue weighted by Crippen LogP contribution is -2.06. The van der Waals surface area contributed by atoms with Gasteiger partial charge in [0, 0.05) is 13.0 Å². The number of nitrogens with one attached hydrogen (secondary N) is 1. The lowest BCUT2D eigenvalue weighted by Gasteiger charge is -2.05. The first-order valence-electron chi connectivity index (χ1n) is 4.04. The van der Waals surface area contributed by atoms with Gasteiger partial charge in [-0.2, -0.15) is 9.97 Å². The van der Waals surface area contributed by atoms with E-state index < -0.39 is 0 Å². The molecular formula is C8H14N4. The lowest BCUT2D eigenvalue weighted by atomic mass is 10.2. The van der Waals surface area contributed by atoms with Crippen LogP contribution in [0.1, 0.15) is 31.4 Å². The lowest BCUT2D eigenvalue weighted by molar-refractivity contribution is 0.749. The molecule has 12 heavy (non-hydrogen) atoms. The van der Waals surface area contributed by atoms with Crippen LogP contribution in [-0.2, 0) is 0 Å². The SMILES string of the molecule is CNc1nc(C)nc(C(C)C)n1. The van der Waals surface area contributed by atoms with Gasteiger partial charge in [0.2, 0.25) is 5.95 Å². The number of aryl methyl sites for hydroxylation is 1. The molecule has 1 aromatic rings. The molecule has 1 rings (SSSR count). The Kier molecular flexibility index (Phi) is 2.58. The summed E-state index contributed by atoms with van der Waals surface area (Å²) in [5.41, 5.74) is 0. The average molecular weight is 166 g/mol. The highest BCUT2D eigenvalue weighted by atomic mass is 15.1. The summed E-state index contributed by atoms with van der Waals surface area (Å²) in [6, 6.07) is 0. The Balaban J connectivity index is 3.06. The van der Waals surface area contributed by atoms with E-state index in [2.05, 4.69) is 34.1 Å². The quantitative estimate of drug-likeness (QED) is 0.720. The maximum Gasteiger partial charge on any atom is 0.225 e. The number of nitrogens with zero attached hydrogens (tertiary/aromatic N) is 3. The second-order valence-electron chi connectivity index (χ2n) is 2.97. The molecule has 66 valence electrons. The minimum atomic E-state index is 0.346. The number of hydrogen-bond donors (Lipinski definition) is 1. The number of hydrogen-bond acceptors (Lipinski definition) is 4.